The summed E-state index contributed by atoms with van der Waals surface area (Å²) in [6.07, 6.45) is 2.87. The Bertz CT molecular complexity index is 478. The van der Waals surface area contributed by atoms with Gasteiger partial charge in [-0.15, -0.1) is 0 Å². The molecule has 1 heterocycles. The summed E-state index contributed by atoms with van der Waals surface area (Å²) in [4.78, 5) is 4.37. The number of nitrogens with one attached hydrogen (secondary N) is 1. The predicted molar refractivity (Wildman–Crippen MR) is 71.0 cm³/mol. The van der Waals surface area contributed by atoms with E-state index in [2.05, 4.69) is 41.1 Å². The van der Waals surface area contributed by atoms with Gasteiger partial charge in [-0.1, -0.05) is 6.07 Å². The summed E-state index contributed by atoms with van der Waals surface area (Å²) in [6, 6.07) is 6.80. The summed E-state index contributed by atoms with van der Waals surface area (Å²) < 4.78 is 2.03. The molecule has 0 radical (unpaired) electrons. The van der Waals surface area contributed by atoms with E-state index in [4.69, 9.17) is 0 Å². The number of aromatic nitrogens is 2. The van der Waals surface area contributed by atoms with Crippen LogP contribution in [0.25, 0.3) is 11.0 Å². The molecule has 16 heavy (non-hydrogen) atoms. The molecule has 0 fully saturated rings. The second kappa shape index (κ2) is 4.89. The fourth-order valence-corrected chi connectivity index (χ4v) is 2.23. The minimum absolute atomic E-state index is 0.365. The monoisotopic (exact) mass is 235 g/mol. The second-order valence-electron chi connectivity index (χ2n) is 3.96. The van der Waals surface area contributed by atoms with Crippen molar-refractivity contribution in [2.45, 2.75) is 12.5 Å². The number of benzene rings is 1. The van der Waals surface area contributed by atoms with E-state index >= 15 is 0 Å². The molecular weight excluding hydrogens is 218 g/mol. The van der Waals surface area contributed by atoms with Crippen LogP contribution < -0.4 is 5.32 Å². The Morgan fingerprint density at radius 2 is 2.31 bits per heavy atom. The standard InChI is InChI=1S/C12H17N3S/c1-13-10(5-6-16)9-3-4-12-11(7-9)14-8-15(12)2/h3-4,7-8,10,13,16H,5-6H2,1-2H3. The molecule has 1 N–H and O–H groups in total. The Morgan fingerprint density at radius 1 is 1.50 bits per heavy atom. The third-order valence-electron chi connectivity index (χ3n) is 2.92. The van der Waals surface area contributed by atoms with Crippen molar-refractivity contribution in [1.82, 2.24) is 14.9 Å². The van der Waals surface area contributed by atoms with Crippen LogP contribution in [-0.2, 0) is 7.05 Å². The van der Waals surface area contributed by atoms with E-state index in [9.17, 15) is 0 Å². The van der Waals surface area contributed by atoms with Crippen LogP contribution in [0, 0.1) is 0 Å². The Labute approximate surface area is 101 Å². The van der Waals surface area contributed by atoms with Gasteiger partial charge in [-0.25, -0.2) is 4.98 Å². The van der Waals surface area contributed by atoms with Crippen molar-refractivity contribution in [3.05, 3.63) is 30.1 Å². The summed E-state index contributed by atoms with van der Waals surface area (Å²) in [5, 5.41) is 3.31. The number of fused-ring (bicyclic) bond motifs is 1. The van der Waals surface area contributed by atoms with E-state index < -0.39 is 0 Å². The van der Waals surface area contributed by atoms with Gasteiger partial charge in [-0.05, 0) is 36.9 Å². The largest absolute Gasteiger partial charge is 0.334 e. The van der Waals surface area contributed by atoms with E-state index in [0.717, 1.165) is 17.7 Å². The Morgan fingerprint density at radius 3 is 3.00 bits per heavy atom. The summed E-state index contributed by atoms with van der Waals surface area (Å²) in [5.74, 6) is 0.881. The molecule has 4 heteroatoms. The maximum absolute atomic E-state index is 4.37. The van der Waals surface area contributed by atoms with Gasteiger partial charge in [-0.3, -0.25) is 0 Å². The number of hydrogen-bond donors (Lipinski definition) is 2. The van der Waals surface area contributed by atoms with Crippen molar-refractivity contribution in [2.24, 2.45) is 7.05 Å². The van der Waals surface area contributed by atoms with Crippen LogP contribution in [0.2, 0.25) is 0 Å². The first-order valence-electron chi connectivity index (χ1n) is 5.45. The topological polar surface area (TPSA) is 29.9 Å². The quantitative estimate of drug-likeness (QED) is 0.795. The lowest BCUT2D eigenvalue weighted by atomic mass is 10.0. The first kappa shape index (κ1) is 11.5. The van der Waals surface area contributed by atoms with E-state index in [1.807, 2.05) is 25.0 Å². The zero-order valence-corrected chi connectivity index (χ0v) is 10.5. The number of thiol groups is 1. The van der Waals surface area contributed by atoms with Crippen molar-refractivity contribution in [1.29, 1.82) is 0 Å². The fraction of sp³-hybridized carbons (Fsp3) is 0.417. The molecule has 86 valence electrons. The number of hydrogen-bond acceptors (Lipinski definition) is 3. The highest BCUT2D eigenvalue weighted by Crippen LogP contribution is 2.21. The van der Waals surface area contributed by atoms with E-state index in [0.29, 0.717) is 6.04 Å². The van der Waals surface area contributed by atoms with Gasteiger partial charge in [0.25, 0.3) is 0 Å². The lowest BCUT2D eigenvalue weighted by Crippen LogP contribution is -2.16. The van der Waals surface area contributed by atoms with Crippen molar-refractivity contribution in [3.8, 4) is 0 Å². The maximum atomic E-state index is 4.37. The number of imidazole rings is 1. The first-order chi connectivity index (χ1) is 7.76. The minimum atomic E-state index is 0.365. The van der Waals surface area contributed by atoms with Crippen molar-refractivity contribution in [3.63, 3.8) is 0 Å². The third kappa shape index (κ3) is 2.08. The van der Waals surface area contributed by atoms with Crippen LogP contribution in [0.3, 0.4) is 0 Å². The van der Waals surface area contributed by atoms with Gasteiger partial charge in [0, 0.05) is 13.1 Å². The van der Waals surface area contributed by atoms with Crippen LogP contribution in [0.4, 0.5) is 0 Å². The zero-order chi connectivity index (χ0) is 11.5. The summed E-state index contributed by atoms with van der Waals surface area (Å²) in [5.41, 5.74) is 3.51. The van der Waals surface area contributed by atoms with Gasteiger partial charge in [0.1, 0.15) is 0 Å². The molecule has 0 aliphatic rings. The lowest BCUT2D eigenvalue weighted by molar-refractivity contribution is 0.582. The van der Waals surface area contributed by atoms with Gasteiger partial charge in [0.2, 0.25) is 0 Å². The van der Waals surface area contributed by atoms with Gasteiger partial charge < -0.3 is 9.88 Å². The molecule has 1 aromatic carbocycles. The SMILES string of the molecule is CNC(CCS)c1ccc2c(c1)ncn2C. The van der Waals surface area contributed by atoms with Crippen molar-refractivity contribution < 1.29 is 0 Å². The van der Waals surface area contributed by atoms with Gasteiger partial charge in [0.05, 0.1) is 17.4 Å². The van der Waals surface area contributed by atoms with E-state index in [1.165, 1.54) is 11.1 Å². The summed E-state index contributed by atoms with van der Waals surface area (Å²) >= 11 is 4.28. The predicted octanol–water partition coefficient (Wildman–Crippen LogP) is 2.15. The zero-order valence-electron chi connectivity index (χ0n) is 9.64. The Balaban J connectivity index is 2.37. The average Bonchev–Trinajstić information content (AvgIpc) is 2.67. The van der Waals surface area contributed by atoms with Crippen LogP contribution in [-0.4, -0.2) is 22.4 Å². The fourth-order valence-electron chi connectivity index (χ4n) is 1.98. The van der Waals surface area contributed by atoms with Crippen molar-refractivity contribution >= 4 is 23.7 Å². The normalized spacial score (nSPS) is 13.2. The van der Waals surface area contributed by atoms with E-state index in [1.54, 1.807) is 0 Å². The van der Waals surface area contributed by atoms with E-state index in [-0.39, 0.29) is 0 Å². The molecule has 0 aliphatic heterocycles. The molecule has 0 aliphatic carbocycles. The molecule has 1 aromatic heterocycles. The smallest absolute Gasteiger partial charge is 0.0955 e. The summed E-state index contributed by atoms with van der Waals surface area (Å²) in [7, 11) is 4.00. The summed E-state index contributed by atoms with van der Waals surface area (Å²) in [6.45, 7) is 0. The number of rotatable bonds is 4. The molecule has 0 amide bonds. The molecule has 2 aromatic rings. The molecule has 0 bridgehead atoms. The van der Waals surface area contributed by atoms with Gasteiger partial charge in [-0.2, -0.15) is 12.6 Å². The first-order valence-corrected chi connectivity index (χ1v) is 6.08. The van der Waals surface area contributed by atoms with Crippen LogP contribution in [0.1, 0.15) is 18.0 Å². The van der Waals surface area contributed by atoms with Crippen LogP contribution in [0.15, 0.2) is 24.5 Å². The second-order valence-corrected chi connectivity index (χ2v) is 4.40. The third-order valence-corrected chi connectivity index (χ3v) is 3.18. The highest BCUT2D eigenvalue weighted by molar-refractivity contribution is 7.80. The minimum Gasteiger partial charge on any atom is -0.334 e. The van der Waals surface area contributed by atoms with Gasteiger partial charge >= 0.3 is 0 Å². The Kier molecular flexibility index (Phi) is 3.51. The van der Waals surface area contributed by atoms with Crippen LogP contribution in [0.5, 0.6) is 0 Å². The number of aryl methyl sites for hydroxylation is 1. The highest BCUT2D eigenvalue weighted by atomic mass is 32.1. The van der Waals surface area contributed by atoms with Crippen LogP contribution >= 0.6 is 12.6 Å². The molecule has 0 saturated heterocycles. The lowest BCUT2D eigenvalue weighted by Gasteiger charge is -2.15. The average molecular weight is 235 g/mol. The number of nitrogens with zero attached hydrogens (tertiary/aromatic N) is 2. The molecule has 3 nitrogen and oxygen atoms in total. The Hall–Kier alpha value is -1.00. The molecule has 0 spiro atoms. The molecular formula is C12H17N3S. The molecule has 2 rings (SSSR count). The molecule has 1 unspecified atom stereocenters. The van der Waals surface area contributed by atoms with Crippen molar-refractivity contribution in [2.75, 3.05) is 12.8 Å². The highest BCUT2D eigenvalue weighted by Gasteiger charge is 2.09. The maximum Gasteiger partial charge on any atom is 0.0955 e. The molecule has 0 saturated carbocycles. The molecule has 1 atom stereocenters. The van der Waals surface area contributed by atoms with Gasteiger partial charge in [0.15, 0.2) is 0 Å².